The molecule has 0 amide bonds. The number of ether oxygens (including phenoxy) is 1. The molecule has 0 unspecified atom stereocenters. The Bertz CT molecular complexity index is 1080. The van der Waals surface area contributed by atoms with Crippen LogP contribution in [0.1, 0.15) is 18.9 Å². The lowest BCUT2D eigenvalue weighted by Crippen LogP contribution is -2.07. The predicted octanol–water partition coefficient (Wildman–Crippen LogP) is 5.64. The summed E-state index contributed by atoms with van der Waals surface area (Å²) in [5.74, 6) is -0.310. The molecule has 0 aliphatic heterocycles. The number of benzene rings is 4. The molecule has 0 saturated carbocycles. The summed E-state index contributed by atoms with van der Waals surface area (Å²) in [4.78, 5) is 11.5. The minimum absolute atomic E-state index is 0.310. The van der Waals surface area contributed by atoms with E-state index in [1.54, 1.807) is 6.92 Å². The van der Waals surface area contributed by atoms with E-state index in [4.69, 9.17) is 4.74 Å². The van der Waals surface area contributed by atoms with Gasteiger partial charge in [0.05, 0.1) is 6.61 Å². The van der Waals surface area contributed by atoms with Crippen LogP contribution in [0.15, 0.2) is 66.7 Å². The normalized spacial score (nSPS) is 11.4. The van der Waals surface area contributed by atoms with Crippen molar-refractivity contribution in [1.82, 2.24) is 0 Å². The van der Waals surface area contributed by atoms with E-state index in [0.717, 1.165) is 12.8 Å². The number of rotatable bonds is 5. The Morgan fingerprint density at radius 3 is 2.28 bits per heavy atom. The van der Waals surface area contributed by atoms with Crippen molar-refractivity contribution in [1.29, 1.82) is 0 Å². The van der Waals surface area contributed by atoms with Gasteiger partial charge in [-0.05, 0) is 57.6 Å². The largest absolute Gasteiger partial charge is 0.462 e. The highest BCUT2D eigenvalue weighted by molar-refractivity contribution is 6.23. The Kier molecular flexibility index (Phi) is 3.89. The third kappa shape index (κ3) is 2.74. The van der Waals surface area contributed by atoms with Gasteiger partial charge in [-0.3, -0.25) is 0 Å². The molecule has 0 radical (unpaired) electrons. The second-order valence-electron chi connectivity index (χ2n) is 6.60. The molecule has 4 aromatic rings. The van der Waals surface area contributed by atoms with E-state index in [-0.39, 0.29) is 5.97 Å². The van der Waals surface area contributed by atoms with E-state index in [0.29, 0.717) is 12.2 Å². The van der Waals surface area contributed by atoms with Gasteiger partial charge in [0.15, 0.2) is 0 Å². The van der Waals surface area contributed by atoms with Crippen molar-refractivity contribution < 1.29 is 9.53 Å². The van der Waals surface area contributed by atoms with Crippen molar-refractivity contribution in [2.75, 3.05) is 6.61 Å². The molecular formula is C23H20O2. The maximum atomic E-state index is 11.5. The monoisotopic (exact) mass is 328 g/mol. The smallest absolute Gasteiger partial charge is 0.333 e. The third-order valence-corrected chi connectivity index (χ3v) is 4.79. The summed E-state index contributed by atoms with van der Waals surface area (Å²) in [6.07, 6.45) is 1.70. The molecule has 0 aliphatic carbocycles. The van der Waals surface area contributed by atoms with Crippen LogP contribution >= 0.6 is 0 Å². The molecule has 0 fully saturated rings. The molecule has 124 valence electrons. The zero-order chi connectivity index (χ0) is 17.4. The van der Waals surface area contributed by atoms with E-state index in [2.05, 4.69) is 61.2 Å². The van der Waals surface area contributed by atoms with Gasteiger partial charge in [0.1, 0.15) is 0 Å². The summed E-state index contributed by atoms with van der Waals surface area (Å²) in [5.41, 5.74) is 1.75. The molecule has 4 rings (SSSR count). The van der Waals surface area contributed by atoms with Crippen LogP contribution in [0.4, 0.5) is 0 Å². The lowest BCUT2D eigenvalue weighted by atomic mass is 9.91. The molecule has 0 saturated heterocycles. The molecule has 0 aliphatic rings. The number of aryl methyl sites for hydroxylation is 1. The van der Waals surface area contributed by atoms with Gasteiger partial charge in [0.2, 0.25) is 0 Å². The molecule has 0 N–H and O–H groups in total. The van der Waals surface area contributed by atoms with E-state index >= 15 is 0 Å². The molecule has 2 heteroatoms. The van der Waals surface area contributed by atoms with Gasteiger partial charge in [-0.15, -0.1) is 0 Å². The summed E-state index contributed by atoms with van der Waals surface area (Å²) < 4.78 is 5.21. The highest BCUT2D eigenvalue weighted by atomic mass is 16.5. The molecule has 0 spiro atoms. The first kappa shape index (κ1) is 15.6. The Labute approximate surface area is 147 Å². The lowest BCUT2D eigenvalue weighted by molar-refractivity contribution is -0.139. The first-order valence-corrected chi connectivity index (χ1v) is 8.63. The van der Waals surface area contributed by atoms with Crippen LogP contribution in [0.5, 0.6) is 0 Å². The number of esters is 1. The van der Waals surface area contributed by atoms with Crippen LogP contribution in [0, 0.1) is 0 Å². The summed E-state index contributed by atoms with van der Waals surface area (Å²) >= 11 is 0. The fourth-order valence-electron chi connectivity index (χ4n) is 3.56. The quantitative estimate of drug-likeness (QED) is 0.205. The molecule has 2 nitrogen and oxygen atoms in total. The molecule has 25 heavy (non-hydrogen) atoms. The van der Waals surface area contributed by atoms with Crippen molar-refractivity contribution in [3.63, 3.8) is 0 Å². The van der Waals surface area contributed by atoms with Gasteiger partial charge < -0.3 is 4.74 Å². The van der Waals surface area contributed by atoms with Crippen molar-refractivity contribution in [2.24, 2.45) is 0 Å². The Balaban J connectivity index is 1.68. The topological polar surface area (TPSA) is 26.3 Å². The second kappa shape index (κ2) is 6.21. The van der Waals surface area contributed by atoms with Crippen molar-refractivity contribution in [3.05, 3.63) is 72.3 Å². The number of carbonyl (C=O) groups is 1. The number of hydrogen-bond acceptors (Lipinski definition) is 2. The van der Waals surface area contributed by atoms with Crippen LogP contribution in [-0.2, 0) is 16.0 Å². The highest BCUT2D eigenvalue weighted by Gasteiger charge is 2.10. The highest BCUT2D eigenvalue weighted by Crippen LogP contribution is 2.36. The molecule has 4 aromatic carbocycles. The van der Waals surface area contributed by atoms with E-state index in [1.165, 1.54) is 37.9 Å². The molecular weight excluding hydrogens is 308 g/mol. The van der Waals surface area contributed by atoms with Crippen LogP contribution in [0.2, 0.25) is 0 Å². The maximum absolute atomic E-state index is 11.5. The zero-order valence-electron chi connectivity index (χ0n) is 14.3. The van der Waals surface area contributed by atoms with Crippen LogP contribution in [0.3, 0.4) is 0 Å². The van der Waals surface area contributed by atoms with E-state index in [1.807, 2.05) is 0 Å². The third-order valence-electron chi connectivity index (χ3n) is 4.79. The van der Waals surface area contributed by atoms with Gasteiger partial charge in [-0.2, -0.15) is 0 Å². The van der Waals surface area contributed by atoms with E-state index < -0.39 is 0 Å². The Morgan fingerprint density at radius 2 is 1.56 bits per heavy atom. The fourth-order valence-corrected chi connectivity index (χ4v) is 3.56. The molecule has 0 heterocycles. The van der Waals surface area contributed by atoms with Crippen LogP contribution < -0.4 is 0 Å². The minimum Gasteiger partial charge on any atom is -0.462 e. The maximum Gasteiger partial charge on any atom is 0.333 e. The van der Waals surface area contributed by atoms with Gasteiger partial charge in [-0.1, -0.05) is 61.2 Å². The number of hydrogen-bond donors (Lipinski definition) is 0. The summed E-state index contributed by atoms with van der Waals surface area (Å²) in [5, 5.41) is 7.82. The zero-order valence-corrected chi connectivity index (χ0v) is 14.3. The van der Waals surface area contributed by atoms with Crippen molar-refractivity contribution in [2.45, 2.75) is 19.8 Å². The van der Waals surface area contributed by atoms with Crippen LogP contribution in [-0.4, -0.2) is 12.6 Å². The van der Waals surface area contributed by atoms with Gasteiger partial charge >= 0.3 is 5.97 Å². The second-order valence-corrected chi connectivity index (χ2v) is 6.60. The molecule has 0 bridgehead atoms. The number of carbonyl (C=O) groups excluding carboxylic acids is 1. The Hall–Kier alpha value is -2.87. The van der Waals surface area contributed by atoms with Gasteiger partial charge in [0, 0.05) is 5.57 Å². The Morgan fingerprint density at radius 1 is 0.920 bits per heavy atom. The fraction of sp³-hybridized carbons (Fsp3) is 0.174. The van der Waals surface area contributed by atoms with E-state index in [9.17, 15) is 4.79 Å². The van der Waals surface area contributed by atoms with Crippen LogP contribution in [0.25, 0.3) is 32.3 Å². The molecule has 0 atom stereocenters. The SMILES string of the molecule is C=C(C)C(=O)OCCCc1ccc2ccc3cccc4ccc1c2c34. The first-order chi connectivity index (χ1) is 12.1. The van der Waals surface area contributed by atoms with Crippen molar-refractivity contribution >= 4 is 38.3 Å². The summed E-state index contributed by atoms with van der Waals surface area (Å²) in [7, 11) is 0. The molecule has 0 aromatic heterocycles. The predicted molar refractivity (Wildman–Crippen MR) is 104 cm³/mol. The average molecular weight is 328 g/mol. The van der Waals surface area contributed by atoms with Crippen molar-refractivity contribution in [3.8, 4) is 0 Å². The average Bonchev–Trinajstić information content (AvgIpc) is 2.63. The first-order valence-electron chi connectivity index (χ1n) is 8.63. The van der Waals surface area contributed by atoms with Gasteiger partial charge in [0.25, 0.3) is 0 Å². The lowest BCUT2D eigenvalue weighted by Gasteiger charge is -2.14. The summed E-state index contributed by atoms with van der Waals surface area (Å²) in [6, 6.07) is 19.7. The summed E-state index contributed by atoms with van der Waals surface area (Å²) in [6.45, 7) is 5.70. The standard InChI is InChI=1S/C23H20O2/c1-15(2)23(24)25-14-4-7-16-8-9-19-11-10-17-5-3-6-18-12-13-20(16)22(19)21(17)18/h3,5-6,8-13H,1,4,7,14H2,2H3. The minimum atomic E-state index is -0.310. The van der Waals surface area contributed by atoms with Gasteiger partial charge in [-0.25, -0.2) is 4.79 Å².